The minimum absolute atomic E-state index is 0.110. The van der Waals surface area contributed by atoms with E-state index in [1.165, 1.54) is 52.7 Å². The van der Waals surface area contributed by atoms with Crippen molar-refractivity contribution >= 4 is 124 Å². The van der Waals surface area contributed by atoms with Crippen molar-refractivity contribution in [2.45, 2.75) is 0 Å². The van der Waals surface area contributed by atoms with Crippen LogP contribution in [-0.4, -0.2) is 52.1 Å². The van der Waals surface area contributed by atoms with Crippen molar-refractivity contribution in [3.05, 3.63) is 103 Å². The van der Waals surface area contributed by atoms with E-state index in [9.17, 15) is 19.2 Å². The molecule has 0 unspecified atom stereocenters. The predicted molar refractivity (Wildman–Crippen MR) is 209 cm³/mol. The Morgan fingerprint density at radius 2 is 0.685 bits per heavy atom. The van der Waals surface area contributed by atoms with Crippen LogP contribution in [0.1, 0.15) is 41.4 Å². The Balaban J connectivity index is 1.36. The lowest BCUT2D eigenvalue weighted by Crippen LogP contribution is -2.41. The maximum atomic E-state index is 14.4. The number of benzene rings is 7. The van der Waals surface area contributed by atoms with Crippen LogP contribution in [0.2, 0.25) is 20.1 Å². The van der Waals surface area contributed by atoms with E-state index in [1.54, 1.807) is 36.4 Å². The summed E-state index contributed by atoms with van der Waals surface area (Å²) in [6.07, 6.45) is 0. The first-order chi connectivity index (χ1) is 25.9. The van der Waals surface area contributed by atoms with Gasteiger partial charge in [-0.2, -0.15) is 0 Å². The van der Waals surface area contributed by atoms with E-state index >= 15 is 0 Å². The number of anilines is 2. The quantitative estimate of drug-likeness (QED) is 0.0929. The molecule has 0 fully saturated rings. The number of fused-ring (bicyclic) bond motifs is 2. The van der Waals surface area contributed by atoms with Crippen molar-refractivity contribution in [3.63, 3.8) is 0 Å². The standard InChI is InChI=1S/C40H22Cl4N2O8/c1-51-15-5-7-25(27(9-15)53-3)45-37(47)17-11-21(41)31-33-23(43)13-19-30-20(40(50)46(39(19)49)26-8-6-16(52-2)10-28(26)54-4)14-24(44)34(36(30)33)32-22(42)12-18(38(45)48)29(17)35(31)32/h5-14H,1-4H3. The van der Waals surface area contributed by atoms with Gasteiger partial charge in [0, 0.05) is 75.3 Å². The molecule has 2 aliphatic heterocycles. The average Bonchev–Trinajstić information content (AvgIpc) is 3.17. The lowest BCUT2D eigenvalue weighted by molar-refractivity contribution is 0.0877. The lowest BCUT2D eigenvalue weighted by Gasteiger charge is -2.32. The molecule has 2 aliphatic rings. The van der Waals surface area contributed by atoms with E-state index in [-0.39, 0.29) is 65.2 Å². The van der Waals surface area contributed by atoms with Crippen LogP contribution in [0, 0.1) is 0 Å². The van der Waals surface area contributed by atoms with Crippen LogP contribution in [0.15, 0.2) is 60.7 Å². The zero-order chi connectivity index (χ0) is 38.1. The topological polar surface area (TPSA) is 112 Å². The summed E-state index contributed by atoms with van der Waals surface area (Å²) in [5, 5.41) is 3.23. The summed E-state index contributed by atoms with van der Waals surface area (Å²) in [6.45, 7) is 0. The molecular weight excluding hydrogens is 778 g/mol. The van der Waals surface area contributed by atoms with Crippen LogP contribution in [-0.2, 0) is 0 Å². The van der Waals surface area contributed by atoms with E-state index in [1.807, 2.05) is 0 Å². The Bertz CT molecular complexity index is 2600. The largest absolute Gasteiger partial charge is 0.497 e. The zero-order valence-corrected chi connectivity index (χ0v) is 31.5. The number of rotatable bonds is 6. The number of halogens is 4. The highest BCUT2D eigenvalue weighted by Gasteiger charge is 2.41. The molecule has 268 valence electrons. The minimum Gasteiger partial charge on any atom is -0.497 e. The third-order valence-electron chi connectivity index (χ3n) is 10.1. The fourth-order valence-electron chi connectivity index (χ4n) is 7.84. The molecule has 0 aliphatic carbocycles. The van der Waals surface area contributed by atoms with Crippen molar-refractivity contribution in [3.8, 4) is 23.0 Å². The van der Waals surface area contributed by atoms with Gasteiger partial charge in [0.2, 0.25) is 0 Å². The predicted octanol–water partition coefficient (Wildman–Crippen LogP) is 9.99. The van der Waals surface area contributed by atoms with Gasteiger partial charge in [-0.1, -0.05) is 46.4 Å². The first-order valence-electron chi connectivity index (χ1n) is 16.1. The minimum atomic E-state index is -0.656. The first-order valence-corrected chi connectivity index (χ1v) is 17.7. The van der Waals surface area contributed by atoms with Crippen LogP contribution in [0.4, 0.5) is 11.4 Å². The van der Waals surface area contributed by atoms with Crippen molar-refractivity contribution < 1.29 is 38.1 Å². The van der Waals surface area contributed by atoms with E-state index in [0.717, 1.165) is 9.80 Å². The molecule has 0 spiro atoms. The van der Waals surface area contributed by atoms with Gasteiger partial charge in [-0.05, 0) is 48.5 Å². The number of hydrogen-bond acceptors (Lipinski definition) is 8. The van der Waals surface area contributed by atoms with Crippen LogP contribution in [0.3, 0.4) is 0 Å². The van der Waals surface area contributed by atoms with E-state index < -0.39 is 23.6 Å². The Hall–Kier alpha value is -5.52. The molecule has 0 N–H and O–H groups in total. The second-order valence-electron chi connectivity index (χ2n) is 12.6. The van der Waals surface area contributed by atoms with Crippen LogP contribution >= 0.6 is 46.4 Å². The molecule has 0 radical (unpaired) electrons. The highest BCUT2D eigenvalue weighted by molar-refractivity contribution is 6.57. The van der Waals surface area contributed by atoms with Gasteiger partial charge in [0.05, 0.1) is 62.1 Å². The molecule has 4 amide bonds. The average molecular weight is 800 g/mol. The number of carbonyl (C=O) groups is 4. The first kappa shape index (κ1) is 34.3. The summed E-state index contributed by atoms with van der Waals surface area (Å²) in [5.74, 6) is -1.26. The van der Waals surface area contributed by atoms with Crippen LogP contribution in [0.25, 0.3) is 43.1 Å². The molecule has 0 bridgehead atoms. The molecule has 0 atom stereocenters. The second-order valence-corrected chi connectivity index (χ2v) is 14.2. The fourth-order valence-corrected chi connectivity index (χ4v) is 9.03. The fraction of sp³-hybridized carbons (Fsp3) is 0.100. The number of imide groups is 2. The Morgan fingerprint density at radius 1 is 0.389 bits per heavy atom. The highest BCUT2D eigenvalue weighted by atomic mass is 35.5. The molecule has 14 heteroatoms. The molecule has 0 saturated carbocycles. The number of hydrogen-bond donors (Lipinski definition) is 0. The van der Waals surface area contributed by atoms with Crippen molar-refractivity contribution in [2.24, 2.45) is 0 Å². The van der Waals surface area contributed by atoms with E-state index in [0.29, 0.717) is 54.6 Å². The zero-order valence-electron chi connectivity index (χ0n) is 28.4. The van der Waals surface area contributed by atoms with Gasteiger partial charge in [-0.3, -0.25) is 19.2 Å². The highest BCUT2D eigenvalue weighted by Crippen LogP contribution is 2.54. The third-order valence-corrected chi connectivity index (χ3v) is 11.3. The molecule has 7 aromatic rings. The molecule has 10 nitrogen and oxygen atoms in total. The molecule has 9 rings (SSSR count). The van der Waals surface area contributed by atoms with Crippen molar-refractivity contribution in [1.82, 2.24) is 0 Å². The summed E-state index contributed by atoms with van der Waals surface area (Å²) < 4.78 is 21.7. The van der Waals surface area contributed by atoms with Crippen molar-refractivity contribution in [1.29, 1.82) is 0 Å². The van der Waals surface area contributed by atoms with E-state index in [4.69, 9.17) is 65.4 Å². The number of ether oxygens (including phenoxy) is 4. The van der Waals surface area contributed by atoms with Gasteiger partial charge < -0.3 is 18.9 Å². The molecule has 54 heavy (non-hydrogen) atoms. The van der Waals surface area contributed by atoms with E-state index in [2.05, 4.69) is 0 Å². The summed E-state index contributed by atoms with van der Waals surface area (Å²) in [6, 6.07) is 15.3. The maximum Gasteiger partial charge on any atom is 0.266 e. The molecule has 0 aromatic heterocycles. The Morgan fingerprint density at radius 3 is 0.944 bits per heavy atom. The number of nitrogens with zero attached hydrogens (tertiary/aromatic N) is 2. The summed E-state index contributed by atoms with van der Waals surface area (Å²) >= 11 is 28.5. The van der Waals surface area contributed by atoms with Gasteiger partial charge in [-0.15, -0.1) is 0 Å². The van der Waals surface area contributed by atoms with Gasteiger partial charge in [-0.25, -0.2) is 9.80 Å². The van der Waals surface area contributed by atoms with Gasteiger partial charge in [0.15, 0.2) is 0 Å². The lowest BCUT2D eigenvalue weighted by atomic mass is 9.82. The van der Waals surface area contributed by atoms with Crippen LogP contribution in [0.5, 0.6) is 23.0 Å². The molecule has 7 aromatic carbocycles. The van der Waals surface area contributed by atoms with Gasteiger partial charge >= 0.3 is 0 Å². The van der Waals surface area contributed by atoms with Gasteiger partial charge in [0.1, 0.15) is 23.0 Å². The summed E-state index contributed by atoms with van der Waals surface area (Å²) in [7, 11) is 5.81. The number of amides is 4. The number of methoxy groups -OCH3 is 4. The SMILES string of the molecule is COc1ccc(N2C(=O)c3cc(Cl)c4c5c(Cl)cc6c7c(cc(Cl)c(c8c(Cl)cc(c3c48)C2=O)c75)C(=O)N(c2ccc(OC)cc2OC)C6=O)c(OC)c1. The third kappa shape index (κ3) is 4.36. The summed E-state index contributed by atoms with van der Waals surface area (Å²) in [4.78, 5) is 59.6. The molecule has 0 saturated heterocycles. The summed E-state index contributed by atoms with van der Waals surface area (Å²) in [5.41, 5.74) is 0.872. The van der Waals surface area contributed by atoms with Crippen molar-refractivity contribution in [2.75, 3.05) is 38.2 Å². The molecular formula is C40H22Cl4N2O8. The molecule has 2 heterocycles. The monoisotopic (exact) mass is 798 g/mol. The Labute approximate surface area is 325 Å². The maximum absolute atomic E-state index is 14.4. The smallest absolute Gasteiger partial charge is 0.266 e. The van der Waals surface area contributed by atoms with Gasteiger partial charge in [0.25, 0.3) is 23.6 Å². The van der Waals surface area contributed by atoms with Crippen LogP contribution < -0.4 is 28.7 Å². The Kier molecular flexibility index (Phi) is 7.61. The normalized spacial score (nSPS) is 14.0. The second kappa shape index (κ2) is 12.0. The number of carbonyl (C=O) groups excluding carboxylic acids is 4.